The molecule has 0 amide bonds. The number of thioether (sulfide) groups is 2. The van der Waals surface area contributed by atoms with Crippen LogP contribution in [-0.4, -0.2) is 11.5 Å². The quantitative estimate of drug-likeness (QED) is 0.502. The topological polar surface area (TPSA) is 26.0 Å². The molecule has 0 spiro atoms. The third kappa shape index (κ3) is 4.44. The van der Waals surface area contributed by atoms with Gasteiger partial charge in [-0.15, -0.1) is 23.5 Å². The summed E-state index contributed by atoms with van der Waals surface area (Å²) in [5, 5.41) is 0. The van der Waals surface area contributed by atoms with E-state index in [-0.39, 0.29) is 17.3 Å². The summed E-state index contributed by atoms with van der Waals surface area (Å²) in [6.45, 7) is 0. The molecule has 0 heterocycles. The summed E-state index contributed by atoms with van der Waals surface area (Å²) < 4.78 is 25.9. The first-order valence-electron chi connectivity index (χ1n) is 5.71. The molecule has 0 radical (unpaired) electrons. The monoisotopic (exact) mass is 297 g/mol. The number of nitrogen functional groups attached to an aromatic ring is 1. The molecule has 0 fully saturated rings. The maximum atomic E-state index is 13.2. The zero-order valence-electron chi connectivity index (χ0n) is 10.1. The van der Waals surface area contributed by atoms with Crippen LogP contribution in [0.25, 0.3) is 0 Å². The van der Waals surface area contributed by atoms with Crippen molar-refractivity contribution in [2.45, 2.75) is 9.79 Å². The number of hydrogen-bond donors (Lipinski definition) is 1. The first-order chi connectivity index (χ1) is 9.15. The normalized spacial score (nSPS) is 10.6. The van der Waals surface area contributed by atoms with Crippen molar-refractivity contribution in [3.05, 3.63) is 54.1 Å². The van der Waals surface area contributed by atoms with Crippen LogP contribution in [-0.2, 0) is 0 Å². The second-order valence-electron chi connectivity index (χ2n) is 3.83. The molecule has 0 aliphatic rings. The highest BCUT2D eigenvalue weighted by atomic mass is 32.2. The van der Waals surface area contributed by atoms with Crippen LogP contribution in [0.15, 0.2) is 52.3 Å². The molecule has 1 nitrogen and oxygen atoms in total. The highest BCUT2D eigenvalue weighted by molar-refractivity contribution is 8.03. The molecule has 2 aromatic carbocycles. The Balaban J connectivity index is 1.77. The van der Waals surface area contributed by atoms with Gasteiger partial charge in [-0.2, -0.15) is 0 Å². The summed E-state index contributed by atoms with van der Waals surface area (Å²) in [7, 11) is 0. The van der Waals surface area contributed by atoms with Crippen molar-refractivity contribution in [1.82, 2.24) is 0 Å². The summed E-state index contributed by atoms with van der Waals surface area (Å²) in [6, 6.07) is 11.2. The van der Waals surface area contributed by atoms with Gasteiger partial charge in [0.2, 0.25) is 0 Å². The van der Waals surface area contributed by atoms with E-state index in [4.69, 9.17) is 5.73 Å². The second-order valence-corrected chi connectivity index (χ2v) is 6.17. The van der Waals surface area contributed by atoms with Gasteiger partial charge in [-0.3, -0.25) is 0 Å². The lowest BCUT2D eigenvalue weighted by atomic mass is 10.3. The largest absolute Gasteiger partial charge is 0.396 e. The van der Waals surface area contributed by atoms with E-state index < -0.39 is 0 Å². The van der Waals surface area contributed by atoms with E-state index in [1.807, 2.05) is 6.07 Å². The first kappa shape index (κ1) is 14.2. The average molecular weight is 297 g/mol. The number of nitrogens with two attached hydrogens (primary N) is 1. The van der Waals surface area contributed by atoms with Gasteiger partial charge in [0.15, 0.2) is 0 Å². The molecule has 0 atom stereocenters. The molecule has 2 aromatic rings. The molecule has 0 saturated heterocycles. The fourth-order valence-corrected chi connectivity index (χ4v) is 3.27. The maximum absolute atomic E-state index is 13.2. The highest BCUT2D eigenvalue weighted by Gasteiger charge is 2.01. The Morgan fingerprint density at radius 3 is 2.05 bits per heavy atom. The SMILES string of the molecule is Nc1ccc(SCCSc2ccc(F)cc2)cc1F. The summed E-state index contributed by atoms with van der Waals surface area (Å²) in [5.74, 6) is 1.13. The Bertz CT molecular complexity index is 544. The fraction of sp³-hybridized carbons (Fsp3) is 0.143. The molecule has 0 saturated carbocycles. The lowest BCUT2D eigenvalue weighted by molar-refractivity contribution is 0.626. The minimum Gasteiger partial charge on any atom is -0.396 e. The van der Waals surface area contributed by atoms with Gasteiger partial charge in [0.1, 0.15) is 11.6 Å². The van der Waals surface area contributed by atoms with Crippen LogP contribution in [0, 0.1) is 11.6 Å². The van der Waals surface area contributed by atoms with Gasteiger partial charge in [-0.1, -0.05) is 0 Å². The van der Waals surface area contributed by atoms with Gasteiger partial charge >= 0.3 is 0 Å². The van der Waals surface area contributed by atoms with E-state index in [2.05, 4.69) is 0 Å². The third-order valence-electron chi connectivity index (χ3n) is 2.41. The predicted octanol–water partition coefficient (Wildman–Crippen LogP) is 4.43. The molecule has 0 unspecified atom stereocenters. The Kier molecular flexibility index (Phi) is 5.10. The maximum Gasteiger partial charge on any atom is 0.147 e. The lowest BCUT2D eigenvalue weighted by Gasteiger charge is -2.04. The molecule has 0 aromatic heterocycles. The molecular weight excluding hydrogens is 284 g/mol. The zero-order chi connectivity index (χ0) is 13.7. The van der Waals surface area contributed by atoms with Crippen LogP contribution in [0.2, 0.25) is 0 Å². The third-order valence-corrected chi connectivity index (χ3v) is 4.67. The number of anilines is 1. The van der Waals surface area contributed by atoms with Gasteiger partial charge in [0.05, 0.1) is 5.69 Å². The van der Waals surface area contributed by atoms with Gasteiger partial charge in [0, 0.05) is 21.3 Å². The van der Waals surface area contributed by atoms with Crippen LogP contribution in [0.5, 0.6) is 0 Å². The van der Waals surface area contributed by atoms with Crippen LogP contribution in [0.4, 0.5) is 14.5 Å². The Labute approximate surface area is 119 Å². The van der Waals surface area contributed by atoms with Crippen molar-refractivity contribution < 1.29 is 8.78 Å². The number of benzene rings is 2. The molecule has 100 valence electrons. The Morgan fingerprint density at radius 2 is 1.42 bits per heavy atom. The zero-order valence-corrected chi connectivity index (χ0v) is 11.7. The van der Waals surface area contributed by atoms with Crippen molar-refractivity contribution in [3.8, 4) is 0 Å². The average Bonchev–Trinajstić information content (AvgIpc) is 2.41. The van der Waals surface area contributed by atoms with Crippen molar-refractivity contribution in [2.24, 2.45) is 0 Å². The number of halogens is 2. The van der Waals surface area contributed by atoms with Gasteiger partial charge in [-0.25, -0.2) is 8.78 Å². The molecule has 2 N–H and O–H groups in total. The van der Waals surface area contributed by atoms with Crippen molar-refractivity contribution in [2.75, 3.05) is 17.2 Å². The fourth-order valence-electron chi connectivity index (χ4n) is 1.45. The van der Waals surface area contributed by atoms with E-state index in [9.17, 15) is 8.78 Å². The van der Waals surface area contributed by atoms with E-state index in [0.717, 1.165) is 21.3 Å². The number of rotatable bonds is 5. The summed E-state index contributed by atoms with van der Waals surface area (Å²) in [6.07, 6.45) is 0. The van der Waals surface area contributed by atoms with Gasteiger partial charge in [0.25, 0.3) is 0 Å². The number of hydrogen-bond acceptors (Lipinski definition) is 3. The smallest absolute Gasteiger partial charge is 0.147 e. The second kappa shape index (κ2) is 6.82. The van der Waals surface area contributed by atoms with Crippen LogP contribution in [0.1, 0.15) is 0 Å². The van der Waals surface area contributed by atoms with E-state index in [0.29, 0.717) is 0 Å². The predicted molar refractivity (Wildman–Crippen MR) is 78.7 cm³/mol. The molecule has 0 aliphatic carbocycles. The molecule has 0 aliphatic heterocycles. The highest BCUT2D eigenvalue weighted by Crippen LogP contribution is 2.25. The van der Waals surface area contributed by atoms with Crippen LogP contribution >= 0.6 is 23.5 Å². The van der Waals surface area contributed by atoms with Crippen molar-refractivity contribution >= 4 is 29.2 Å². The van der Waals surface area contributed by atoms with Crippen LogP contribution in [0.3, 0.4) is 0 Å². The standard InChI is InChI=1S/C14H13F2NS2/c15-10-1-3-11(4-2-10)18-7-8-19-12-5-6-14(17)13(16)9-12/h1-6,9H,7-8,17H2. The summed E-state index contributed by atoms with van der Waals surface area (Å²) in [4.78, 5) is 1.90. The molecule has 19 heavy (non-hydrogen) atoms. The Morgan fingerprint density at radius 1 is 0.842 bits per heavy atom. The molecular formula is C14H13F2NS2. The minimum atomic E-state index is -0.379. The van der Waals surface area contributed by atoms with Gasteiger partial charge in [-0.05, 0) is 42.5 Å². The van der Waals surface area contributed by atoms with Gasteiger partial charge < -0.3 is 5.73 Å². The minimum absolute atomic E-state index is 0.171. The summed E-state index contributed by atoms with van der Waals surface area (Å²) in [5.41, 5.74) is 5.58. The van der Waals surface area contributed by atoms with E-state index in [1.165, 1.54) is 18.2 Å². The van der Waals surface area contributed by atoms with Crippen molar-refractivity contribution in [1.29, 1.82) is 0 Å². The first-order valence-corrected chi connectivity index (χ1v) is 7.68. The van der Waals surface area contributed by atoms with Crippen LogP contribution < -0.4 is 5.73 Å². The van der Waals surface area contributed by atoms with E-state index >= 15 is 0 Å². The van der Waals surface area contributed by atoms with E-state index in [1.54, 1.807) is 41.7 Å². The summed E-state index contributed by atoms with van der Waals surface area (Å²) >= 11 is 3.23. The van der Waals surface area contributed by atoms with Crippen molar-refractivity contribution in [3.63, 3.8) is 0 Å². The molecule has 5 heteroatoms. The molecule has 2 rings (SSSR count). The Hall–Kier alpha value is -1.20. The lowest BCUT2D eigenvalue weighted by Crippen LogP contribution is -1.90. The molecule has 0 bridgehead atoms.